The van der Waals surface area contributed by atoms with E-state index in [4.69, 9.17) is 9.90 Å². The van der Waals surface area contributed by atoms with E-state index < -0.39 is 30.4 Å². The van der Waals surface area contributed by atoms with Gasteiger partial charge in [0.05, 0.1) is 6.61 Å². The normalized spacial score (nSPS) is 10.4. The predicted octanol–water partition coefficient (Wildman–Crippen LogP) is -0.752. The average molecular weight is 248 g/mol. The zero-order chi connectivity index (χ0) is 13.8. The van der Waals surface area contributed by atoms with Crippen LogP contribution in [0.2, 0.25) is 0 Å². The lowest BCUT2D eigenvalue weighted by atomic mass is 10.4. The van der Waals surface area contributed by atoms with Crippen LogP contribution in [0.1, 0.15) is 20.8 Å². The van der Waals surface area contributed by atoms with E-state index in [9.17, 15) is 14.4 Å². The van der Waals surface area contributed by atoms with E-state index in [1.807, 2.05) is 0 Å². The molecular formula is C10H16O7. The fraction of sp³-hybridized carbons (Fsp3) is 0.600. The van der Waals surface area contributed by atoms with Crippen molar-refractivity contribution < 1.29 is 33.8 Å². The molecule has 7 nitrogen and oxygen atoms in total. The van der Waals surface area contributed by atoms with E-state index in [1.165, 1.54) is 13.8 Å². The number of rotatable bonds is 5. The maximum Gasteiger partial charge on any atom is 0.374 e. The van der Waals surface area contributed by atoms with Crippen molar-refractivity contribution in [2.24, 2.45) is 0 Å². The molecule has 0 aliphatic rings. The Balaban J connectivity index is 0. The Labute approximate surface area is 98.7 Å². The van der Waals surface area contributed by atoms with Gasteiger partial charge in [0.15, 0.2) is 6.10 Å². The molecule has 0 saturated heterocycles. The van der Waals surface area contributed by atoms with Gasteiger partial charge in [-0.15, -0.1) is 0 Å². The summed E-state index contributed by atoms with van der Waals surface area (Å²) in [6.45, 7) is 2.90. The molecule has 0 spiro atoms. The fourth-order valence-corrected chi connectivity index (χ4v) is 0.569. The van der Waals surface area contributed by atoms with Gasteiger partial charge in [0, 0.05) is 13.8 Å². The number of carbonyl (C=O) groups excluding carboxylic acids is 4. The lowest BCUT2D eigenvalue weighted by molar-refractivity contribution is -0.164. The van der Waals surface area contributed by atoms with E-state index in [-0.39, 0.29) is 6.61 Å². The van der Waals surface area contributed by atoms with Crippen molar-refractivity contribution in [1.29, 1.82) is 0 Å². The van der Waals surface area contributed by atoms with Crippen LogP contribution in [0.5, 0.6) is 0 Å². The van der Waals surface area contributed by atoms with E-state index >= 15 is 0 Å². The highest BCUT2D eigenvalue weighted by atomic mass is 16.6. The number of aldehydes is 1. The second-order valence-corrected chi connectivity index (χ2v) is 2.80. The van der Waals surface area contributed by atoms with Gasteiger partial charge in [-0.1, -0.05) is 0 Å². The SMILES string of the molecule is CC(=O)OCC(CO)OC(=O)C(C)=O.CC=O. The van der Waals surface area contributed by atoms with Crippen LogP contribution in [-0.2, 0) is 28.7 Å². The number of aliphatic hydroxyl groups is 1. The van der Waals surface area contributed by atoms with Crippen molar-refractivity contribution in [3.05, 3.63) is 0 Å². The summed E-state index contributed by atoms with van der Waals surface area (Å²) in [5, 5.41) is 8.69. The van der Waals surface area contributed by atoms with Gasteiger partial charge in [0.2, 0.25) is 5.78 Å². The Morgan fingerprint density at radius 2 is 1.76 bits per heavy atom. The lowest BCUT2D eigenvalue weighted by Gasteiger charge is -2.13. The number of carbonyl (C=O) groups is 4. The van der Waals surface area contributed by atoms with E-state index in [0.717, 1.165) is 13.2 Å². The van der Waals surface area contributed by atoms with Crippen molar-refractivity contribution >= 4 is 24.0 Å². The van der Waals surface area contributed by atoms with E-state index in [0.29, 0.717) is 0 Å². The number of ether oxygens (including phenoxy) is 2. The standard InChI is InChI=1S/C8H12O6.C2H4O/c1-5(10)8(12)14-7(3-9)4-13-6(2)11;1-2-3/h7,9H,3-4H2,1-2H3;2H,1H3. The van der Waals surface area contributed by atoms with Gasteiger partial charge in [-0.2, -0.15) is 0 Å². The van der Waals surface area contributed by atoms with Crippen LogP contribution in [0.15, 0.2) is 0 Å². The zero-order valence-corrected chi connectivity index (χ0v) is 9.97. The van der Waals surface area contributed by atoms with Crippen LogP contribution in [0.25, 0.3) is 0 Å². The van der Waals surface area contributed by atoms with E-state index in [1.54, 1.807) is 0 Å². The third kappa shape index (κ3) is 12.2. The Kier molecular flexibility index (Phi) is 11.1. The summed E-state index contributed by atoms with van der Waals surface area (Å²) in [5.74, 6) is -2.38. The molecule has 1 atom stereocenters. The Morgan fingerprint density at radius 1 is 1.29 bits per heavy atom. The summed E-state index contributed by atoms with van der Waals surface area (Å²) >= 11 is 0. The smallest absolute Gasteiger partial charge is 0.374 e. The first-order chi connectivity index (χ1) is 7.88. The highest BCUT2D eigenvalue weighted by Crippen LogP contribution is 1.94. The second kappa shape index (κ2) is 10.7. The molecule has 0 aromatic rings. The van der Waals surface area contributed by atoms with Crippen molar-refractivity contribution in [1.82, 2.24) is 0 Å². The first-order valence-corrected chi connectivity index (χ1v) is 4.74. The van der Waals surface area contributed by atoms with Gasteiger partial charge in [-0.3, -0.25) is 9.59 Å². The molecule has 0 bridgehead atoms. The minimum atomic E-state index is -1.06. The molecule has 0 aromatic carbocycles. The second-order valence-electron chi connectivity index (χ2n) is 2.80. The number of aliphatic hydroxyl groups excluding tert-OH is 1. The third-order valence-electron chi connectivity index (χ3n) is 1.24. The summed E-state index contributed by atoms with van der Waals surface area (Å²) in [5.41, 5.74) is 0. The van der Waals surface area contributed by atoms with Crippen LogP contribution in [0.4, 0.5) is 0 Å². The predicted molar refractivity (Wildman–Crippen MR) is 56.0 cm³/mol. The monoisotopic (exact) mass is 248 g/mol. The van der Waals surface area contributed by atoms with Crippen molar-refractivity contribution in [3.63, 3.8) is 0 Å². The summed E-state index contributed by atoms with van der Waals surface area (Å²) in [6, 6.07) is 0. The highest BCUT2D eigenvalue weighted by molar-refractivity contribution is 6.32. The largest absolute Gasteiger partial charge is 0.462 e. The quantitative estimate of drug-likeness (QED) is 0.387. The van der Waals surface area contributed by atoms with Crippen molar-refractivity contribution in [2.45, 2.75) is 26.9 Å². The molecule has 0 rings (SSSR count). The maximum atomic E-state index is 10.7. The van der Waals surface area contributed by atoms with Gasteiger partial charge in [0.1, 0.15) is 12.9 Å². The van der Waals surface area contributed by atoms with E-state index in [2.05, 4.69) is 9.47 Å². The summed E-state index contributed by atoms with van der Waals surface area (Å²) in [6.07, 6.45) is -0.240. The Hall–Kier alpha value is -1.76. The Morgan fingerprint density at radius 3 is 2.06 bits per heavy atom. The number of Topliss-reactive ketones (excluding diaryl/α,β-unsaturated/α-hetero) is 1. The fourth-order valence-electron chi connectivity index (χ4n) is 0.569. The van der Waals surface area contributed by atoms with Gasteiger partial charge in [-0.05, 0) is 6.92 Å². The molecule has 0 radical (unpaired) electrons. The molecule has 1 unspecified atom stereocenters. The van der Waals surface area contributed by atoms with Crippen LogP contribution in [0.3, 0.4) is 0 Å². The third-order valence-corrected chi connectivity index (χ3v) is 1.24. The average Bonchev–Trinajstić information content (AvgIpc) is 2.24. The lowest BCUT2D eigenvalue weighted by Crippen LogP contribution is -2.30. The molecule has 7 heteroatoms. The molecule has 17 heavy (non-hydrogen) atoms. The number of ketones is 1. The number of hydrogen-bond acceptors (Lipinski definition) is 7. The summed E-state index contributed by atoms with van der Waals surface area (Å²) < 4.78 is 8.98. The molecule has 98 valence electrons. The molecule has 0 aliphatic carbocycles. The van der Waals surface area contributed by atoms with Gasteiger partial charge in [-0.25, -0.2) is 4.79 Å². The van der Waals surface area contributed by atoms with Gasteiger partial charge >= 0.3 is 11.9 Å². The molecule has 0 fully saturated rings. The minimum absolute atomic E-state index is 0.259. The first-order valence-electron chi connectivity index (χ1n) is 4.74. The summed E-state index contributed by atoms with van der Waals surface area (Å²) in [4.78, 5) is 40.4. The van der Waals surface area contributed by atoms with Crippen molar-refractivity contribution in [3.8, 4) is 0 Å². The number of hydrogen-bond donors (Lipinski definition) is 1. The van der Waals surface area contributed by atoms with Gasteiger partial charge < -0.3 is 19.4 Å². The van der Waals surface area contributed by atoms with Gasteiger partial charge in [0.25, 0.3) is 0 Å². The number of esters is 2. The molecule has 0 heterocycles. The molecule has 0 saturated carbocycles. The highest BCUT2D eigenvalue weighted by Gasteiger charge is 2.17. The topological polar surface area (TPSA) is 107 Å². The molecule has 0 amide bonds. The minimum Gasteiger partial charge on any atom is -0.462 e. The summed E-state index contributed by atoms with van der Waals surface area (Å²) in [7, 11) is 0. The van der Waals surface area contributed by atoms with Crippen LogP contribution in [0, 0.1) is 0 Å². The molecule has 0 aliphatic heterocycles. The molecular weight excluding hydrogens is 232 g/mol. The van der Waals surface area contributed by atoms with Crippen LogP contribution in [-0.4, -0.2) is 48.4 Å². The molecule has 1 N–H and O–H groups in total. The molecule has 0 aromatic heterocycles. The van der Waals surface area contributed by atoms with Crippen LogP contribution < -0.4 is 0 Å². The van der Waals surface area contributed by atoms with Crippen molar-refractivity contribution in [2.75, 3.05) is 13.2 Å². The first kappa shape index (κ1) is 17.6. The zero-order valence-electron chi connectivity index (χ0n) is 9.97. The maximum absolute atomic E-state index is 10.7. The Bertz CT molecular complexity index is 272. The van der Waals surface area contributed by atoms with Crippen LogP contribution >= 0.6 is 0 Å².